The van der Waals surface area contributed by atoms with Crippen LogP contribution in [0.1, 0.15) is 0 Å². The fraction of sp³-hybridized carbons (Fsp3) is 0.500. The van der Waals surface area contributed by atoms with Crippen molar-refractivity contribution in [3.63, 3.8) is 0 Å². The first-order chi connectivity index (χ1) is 8.22. The van der Waals surface area contributed by atoms with Crippen LogP contribution in [0.2, 0.25) is 0 Å². The largest absolute Gasteiger partial charge is 0.485 e. The third-order valence-electron chi connectivity index (χ3n) is 2.80. The molecule has 1 saturated heterocycles. The minimum atomic E-state index is -1.14. The van der Waals surface area contributed by atoms with Crippen LogP contribution in [0, 0.1) is 0 Å². The van der Waals surface area contributed by atoms with Gasteiger partial charge in [0.2, 0.25) is 0 Å². The lowest BCUT2D eigenvalue weighted by Gasteiger charge is -2.36. The Balaban J connectivity index is 1.99. The van der Waals surface area contributed by atoms with E-state index >= 15 is 0 Å². The molecule has 0 saturated carbocycles. The molecule has 0 aliphatic carbocycles. The van der Waals surface area contributed by atoms with Crippen LogP contribution in [0.3, 0.4) is 0 Å². The fourth-order valence-electron chi connectivity index (χ4n) is 1.79. The van der Waals surface area contributed by atoms with Crippen molar-refractivity contribution < 1.29 is 24.8 Å². The summed E-state index contributed by atoms with van der Waals surface area (Å²) in [5, 5.41) is 28.4. The maximum atomic E-state index is 9.83. The van der Waals surface area contributed by atoms with Crippen molar-refractivity contribution >= 4 is 0 Å². The van der Waals surface area contributed by atoms with Crippen LogP contribution in [0.4, 0.5) is 0 Å². The second-order valence-corrected chi connectivity index (χ2v) is 4.00. The van der Waals surface area contributed by atoms with E-state index in [0.717, 1.165) is 0 Å². The summed E-state index contributed by atoms with van der Waals surface area (Å²) in [5.74, 6) is 0.606. The molecule has 0 aromatic heterocycles. The van der Waals surface area contributed by atoms with Gasteiger partial charge in [0.25, 0.3) is 0 Å². The molecule has 3 N–H and O–H groups in total. The third kappa shape index (κ3) is 2.76. The Morgan fingerprint density at radius 3 is 2.53 bits per heavy atom. The van der Waals surface area contributed by atoms with Gasteiger partial charge in [0.1, 0.15) is 24.1 Å². The molecule has 1 aromatic rings. The summed E-state index contributed by atoms with van der Waals surface area (Å²) >= 11 is 0. The number of benzene rings is 1. The van der Waals surface area contributed by atoms with Crippen LogP contribution in [-0.2, 0) is 4.74 Å². The molecule has 5 heteroatoms. The lowest BCUT2D eigenvalue weighted by atomic mass is 10.0. The number of ether oxygens (including phenoxy) is 2. The van der Waals surface area contributed by atoms with Gasteiger partial charge in [-0.05, 0) is 12.1 Å². The summed E-state index contributed by atoms with van der Waals surface area (Å²) in [6.07, 6.45) is -3.58. The third-order valence-corrected chi connectivity index (χ3v) is 2.80. The molecule has 0 spiro atoms. The van der Waals surface area contributed by atoms with Crippen LogP contribution in [-0.4, -0.2) is 52.9 Å². The molecule has 0 radical (unpaired) electrons. The van der Waals surface area contributed by atoms with Gasteiger partial charge in [0.05, 0.1) is 13.2 Å². The molecule has 1 aliphatic heterocycles. The quantitative estimate of drug-likeness (QED) is 0.666. The summed E-state index contributed by atoms with van der Waals surface area (Å²) in [6, 6.07) is 9.02. The Bertz CT molecular complexity index is 342. The van der Waals surface area contributed by atoms with Gasteiger partial charge < -0.3 is 24.8 Å². The Hall–Kier alpha value is -1.14. The van der Waals surface area contributed by atoms with Gasteiger partial charge in [-0.2, -0.15) is 0 Å². The van der Waals surface area contributed by atoms with Crippen molar-refractivity contribution in [2.45, 2.75) is 24.4 Å². The van der Waals surface area contributed by atoms with Crippen LogP contribution >= 0.6 is 0 Å². The van der Waals surface area contributed by atoms with E-state index in [1.54, 1.807) is 12.1 Å². The average molecular weight is 240 g/mol. The lowest BCUT2D eigenvalue weighted by molar-refractivity contribution is -0.188. The topological polar surface area (TPSA) is 79.2 Å². The molecule has 17 heavy (non-hydrogen) atoms. The maximum absolute atomic E-state index is 9.83. The zero-order valence-corrected chi connectivity index (χ0v) is 9.27. The van der Waals surface area contributed by atoms with E-state index in [4.69, 9.17) is 14.6 Å². The summed E-state index contributed by atoms with van der Waals surface area (Å²) in [7, 11) is 0. The number of para-hydroxylation sites is 1. The minimum absolute atomic E-state index is 0.137. The Morgan fingerprint density at radius 2 is 1.88 bits per heavy atom. The number of hydrogen-bond acceptors (Lipinski definition) is 5. The zero-order chi connectivity index (χ0) is 12.3. The molecule has 2 rings (SSSR count). The summed E-state index contributed by atoms with van der Waals surface area (Å²) in [4.78, 5) is 0. The summed E-state index contributed by atoms with van der Waals surface area (Å²) in [6.45, 7) is -0.186. The van der Waals surface area contributed by atoms with Gasteiger partial charge in [0.15, 0.2) is 6.10 Å². The highest BCUT2D eigenvalue weighted by molar-refractivity contribution is 5.21. The number of hydrogen-bond donors (Lipinski definition) is 3. The Morgan fingerprint density at radius 1 is 1.18 bits per heavy atom. The Labute approximate surface area is 99.2 Å². The average Bonchev–Trinajstić information content (AvgIpc) is 2.37. The predicted molar refractivity (Wildman–Crippen MR) is 59.7 cm³/mol. The van der Waals surface area contributed by atoms with Crippen LogP contribution in [0.25, 0.3) is 0 Å². The smallest absolute Gasteiger partial charge is 0.150 e. The van der Waals surface area contributed by atoms with Gasteiger partial charge >= 0.3 is 0 Å². The lowest BCUT2D eigenvalue weighted by Crippen LogP contribution is -2.56. The van der Waals surface area contributed by atoms with E-state index in [9.17, 15) is 10.2 Å². The van der Waals surface area contributed by atoms with Gasteiger partial charge in [0, 0.05) is 0 Å². The maximum Gasteiger partial charge on any atom is 0.150 e. The van der Waals surface area contributed by atoms with Gasteiger partial charge in [-0.15, -0.1) is 0 Å². The van der Waals surface area contributed by atoms with Crippen molar-refractivity contribution in [1.29, 1.82) is 0 Å². The highest BCUT2D eigenvalue weighted by atomic mass is 16.6. The van der Waals surface area contributed by atoms with Gasteiger partial charge in [-0.3, -0.25) is 0 Å². The molecule has 1 aliphatic rings. The van der Waals surface area contributed by atoms with Crippen LogP contribution in [0.15, 0.2) is 30.3 Å². The summed E-state index contributed by atoms with van der Waals surface area (Å²) in [5.41, 5.74) is 0. The molecule has 0 amide bonds. The highest BCUT2D eigenvalue weighted by Crippen LogP contribution is 2.20. The van der Waals surface area contributed by atoms with Gasteiger partial charge in [-0.25, -0.2) is 0 Å². The van der Waals surface area contributed by atoms with Crippen LogP contribution in [0.5, 0.6) is 5.75 Å². The van der Waals surface area contributed by atoms with E-state index in [-0.39, 0.29) is 13.2 Å². The van der Waals surface area contributed by atoms with Crippen molar-refractivity contribution in [3.8, 4) is 5.75 Å². The molecular weight excluding hydrogens is 224 g/mol. The van der Waals surface area contributed by atoms with Gasteiger partial charge in [-0.1, -0.05) is 18.2 Å². The molecule has 1 heterocycles. The normalized spacial score (nSPS) is 33.4. The molecule has 94 valence electrons. The monoisotopic (exact) mass is 240 g/mol. The van der Waals surface area contributed by atoms with Crippen molar-refractivity contribution in [1.82, 2.24) is 0 Å². The van der Waals surface area contributed by atoms with E-state index in [0.29, 0.717) is 5.75 Å². The molecule has 1 fully saturated rings. The first-order valence-corrected chi connectivity index (χ1v) is 5.52. The molecule has 4 atom stereocenters. The Kier molecular flexibility index (Phi) is 3.96. The van der Waals surface area contributed by atoms with E-state index in [2.05, 4.69) is 0 Å². The molecular formula is C12H16O5. The number of aliphatic hydroxyl groups excluding tert-OH is 3. The standard InChI is InChI=1S/C12H16O5/c13-6-9-11(14)12(15)10(7-16-9)17-8-4-2-1-3-5-8/h1-5,9-15H,6-7H2/t9-,10+,11-,12-/m1/s1. The second-order valence-electron chi connectivity index (χ2n) is 4.00. The van der Waals surface area contributed by atoms with Crippen molar-refractivity contribution in [2.75, 3.05) is 13.2 Å². The number of rotatable bonds is 3. The SMILES string of the molecule is OC[C@H]1OC[C@H](Oc2ccccc2)[C@@H](O)[C@@H]1O. The fourth-order valence-corrected chi connectivity index (χ4v) is 1.79. The van der Waals surface area contributed by atoms with E-state index in [1.807, 2.05) is 18.2 Å². The van der Waals surface area contributed by atoms with Crippen molar-refractivity contribution in [2.24, 2.45) is 0 Å². The summed E-state index contributed by atoms with van der Waals surface area (Å²) < 4.78 is 10.7. The van der Waals surface area contributed by atoms with Crippen molar-refractivity contribution in [3.05, 3.63) is 30.3 Å². The predicted octanol–water partition coefficient (Wildman–Crippen LogP) is -0.453. The first kappa shape index (κ1) is 12.3. The zero-order valence-electron chi connectivity index (χ0n) is 9.27. The molecule has 0 bridgehead atoms. The molecule has 0 unspecified atom stereocenters. The molecule has 5 nitrogen and oxygen atoms in total. The first-order valence-electron chi connectivity index (χ1n) is 5.52. The minimum Gasteiger partial charge on any atom is -0.485 e. The molecule has 1 aromatic carbocycles. The number of aliphatic hydroxyl groups is 3. The second kappa shape index (κ2) is 5.46. The van der Waals surface area contributed by atoms with Crippen LogP contribution < -0.4 is 4.74 Å². The van der Waals surface area contributed by atoms with E-state index in [1.165, 1.54) is 0 Å². The van der Waals surface area contributed by atoms with E-state index < -0.39 is 24.4 Å². The highest BCUT2D eigenvalue weighted by Gasteiger charge is 2.39.